The molecule has 0 unspecified atom stereocenters. The number of hydrogen-bond donors (Lipinski definition) is 1. The van der Waals surface area contributed by atoms with Gasteiger partial charge < -0.3 is 9.63 Å². The smallest absolute Gasteiger partial charge is 0.335 e. The largest absolute Gasteiger partial charge is 0.478 e. The van der Waals surface area contributed by atoms with Crippen LogP contribution in [0.5, 0.6) is 0 Å². The van der Waals surface area contributed by atoms with Gasteiger partial charge in [-0.25, -0.2) is 4.79 Å². The fourth-order valence-corrected chi connectivity index (χ4v) is 1.90. The van der Waals surface area contributed by atoms with E-state index in [2.05, 4.69) is 22.0 Å². The Kier molecular flexibility index (Phi) is 4.47. The Balaban J connectivity index is 2.00. The van der Waals surface area contributed by atoms with Crippen LogP contribution < -0.4 is 0 Å². The van der Waals surface area contributed by atoms with Gasteiger partial charge in [-0.15, -0.1) is 0 Å². The first kappa shape index (κ1) is 14.2. The minimum Gasteiger partial charge on any atom is -0.478 e. The predicted octanol–water partition coefficient (Wildman–Crippen LogP) is 2.10. The van der Waals surface area contributed by atoms with Gasteiger partial charge in [0.15, 0.2) is 5.82 Å². The van der Waals surface area contributed by atoms with E-state index in [1.54, 1.807) is 19.1 Å². The van der Waals surface area contributed by atoms with Crippen LogP contribution >= 0.6 is 0 Å². The Morgan fingerprint density at radius 1 is 1.30 bits per heavy atom. The molecule has 0 saturated carbocycles. The number of carbonyl (C=O) groups is 1. The monoisotopic (exact) mass is 275 g/mol. The highest BCUT2D eigenvalue weighted by molar-refractivity contribution is 5.87. The Morgan fingerprint density at radius 2 is 2.00 bits per heavy atom. The van der Waals surface area contributed by atoms with Gasteiger partial charge in [0.1, 0.15) is 0 Å². The summed E-state index contributed by atoms with van der Waals surface area (Å²) in [6.45, 7) is 5.97. The van der Waals surface area contributed by atoms with Crippen molar-refractivity contribution in [3.8, 4) is 0 Å². The molecule has 0 aliphatic carbocycles. The number of rotatable bonds is 6. The van der Waals surface area contributed by atoms with E-state index in [0.29, 0.717) is 30.4 Å². The van der Waals surface area contributed by atoms with Crippen molar-refractivity contribution in [2.75, 3.05) is 6.54 Å². The lowest BCUT2D eigenvalue weighted by Gasteiger charge is -2.18. The molecule has 0 aliphatic rings. The fraction of sp³-hybridized carbons (Fsp3) is 0.357. The highest BCUT2D eigenvalue weighted by Crippen LogP contribution is 2.10. The lowest BCUT2D eigenvalue weighted by atomic mass is 10.1. The highest BCUT2D eigenvalue weighted by atomic mass is 16.5. The van der Waals surface area contributed by atoms with Crippen molar-refractivity contribution in [1.29, 1.82) is 0 Å². The summed E-state index contributed by atoms with van der Waals surface area (Å²) in [5, 5.41) is 12.7. The van der Waals surface area contributed by atoms with Gasteiger partial charge in [0.25, 0.3) is 0 Å². The molecular formula is C14H17N3O3. The summed E-state index contributed by atoms with van der Waals surface area (Å²) in [6.07, 6.45) is 0. The van der Waals surface area contributed by atoms with Crippen molar-refractivity contribution >= 4 is 5.97 Å². The summed E-state index contributed by atoms with van der Waals surface area (Å²) in [5.41, 5.74) is 1.35. The average molecular weight is 275 g/mol. The van der Waals surface area contributed by atoms with Gasteiger partial charge in [-0.2, -0.15) is 4.98 Å². The minimum absolute atomic E-state index is 0.297. The van der Waals surface area contributed by atoms with Crippen LogP contribution in [-0.4, -0.2) is 32.7 Å². The van der Waals surface area contributed by atoms with E-state index in [9.17, 15) is 4.79 Å². The standard InChI is InChI=1S/C14H17N3O3/c1-3-17(9-13-15-10(2)20-16-13)8-11-4-6-12(7-5-11)14(18)19/h4-7H,3,8-9H2,1-2H3,(H,18,19). The number of carboxylic acid groups (broad SMARTS) is 1. The summed E-state index contributed by atoms with van der Waals surface area (Å²) in [7, 11) is 0. The van der Waals surface area contributed by atoms with Gasteiger partial charge in [-0.05, 0) is 24.2 Å². The fourth-order valence-electron chi connectivity index (χ4n) is 1.90. The molecule has 6 heteroatoms. The van der Waals surface area contributed by atoms with Gasteiger partial charge in [0, 0.05) is 13.5 Å². The molecule has 1 aromatic heterocycles. The molecule has 0 radical (unpaired) electrons. The first-order valence-electron chi connectivity index (χ1n) is 6.42. The zero-order valence-corrected chi connectivity index (χ0v) is 11.5. The SMILES string of the molecule is CCN(Cc1ccc(C(=O)O)cc1)Cc1noc(C)n1. The van der Waals surface area contributed by atoms with Crippen molar-refractivity contribution in [3.63, 3.8) is 0 Å². The molecule has 106 valence electrons. The molecule has 20 heavy (non-hydrogen) atoms. The van der Waals surface area contributed by atoms with Crippen LogP contribution in [0.25, 0.3) is 0 Å². The molecule has 1 N–H and O–H groups in total. The van der Waals surface area contributed by atoms with Gasteiger partial charge in [-0.1, -0.05) is 24.2 Å². The van der Waals surface area contributed by atoms with Crippen LogP contribution in [-0.2, 0) is 13.1 Å². The zero-order valence-electron chi connectivity index (χ0n) is 11.5. The van der Waals surface area contributed by atoms with Crippen molar-refractivity contribution in [2.45, 2.75) is 26.9 Å². The summed E-state index contributed by atoms with van der Waals surface area (Å²) < 4.78 is 4.95. The topological polar surface area (TPSA) is 79.5 Å². The molecule has 0 amide bonds. The number of nitrogens with zero attached hydrogens (tertiary/aromatic N) is 3. The molecule has 2 aromatic rings. The normalized spacial score (nSPS) is 10.9. The van der Waals surface area contributed by atoms with Crippen LogP contribution in [0.4, 0.5) is 0 Å². The van der Waals surface area contributed by atoms with E-state index < -0.39 is 5.97 Å². The highest BCUT2D eigenvalue weighted by Gasteiger charge is 2.10. The molecule has 1 heterocycles. The van der Waals surface area contributed by atoms with Crippen LogP contribution in [0.3, 0.4) is 0 Å². The number of aromatic nitrogens is 2. The van der Waals surface area contributed by atoms with Crippen LogP contribution in [0, 0.1) is 6.92 Å². The maximum atomic E-state index is 10.8. The Bertz CT molecular complexity index is 578. The average Bonchev–Trinajstić information content (AvgIpc) is 2.84. The van der Waals surface area contributed by atoms with E-state index in [0.717, 1.165) is 12.1 Å². The molecule has 1 aromatic carbocycles. The minimum atomic E-state index is -0.911. The van der Waals surface area contributed by atoms with Crippen molar-refractivity contribution < 1.29 is 14.4 Å². The quantitative estimate of drug-likeness (QED) is 0.869. The van der Waals surface area contributed by atoms with E-state index in [1.165, 1.54) is 0 Å². The zero-order chi connectivity index (χ0) is 14.5. The maximum Gasteiger partial charge on any atom is 0.335 e. The third kappa shape index (κ3) is 3.64. The number of hydrogen-bond acceptors (Lipinski definition) is 5. The molecule has 0 aliphatic heterocycles. The first-order chi connectivity index (χ1) is 9.58. The number of benzene rings is 1. The second kappa shape index (κ2) is 6.29. The number of carboxylic acids is 1. The number of aryl methyl sites for hydroxylation is 1. The molecular weight excluding hydrogens is 258 g/mol. The summed E-state index contributed by atoms with van der Waals surface area (Å²) in [4.78, 5) is 17.1. The molecule has 0 bridgehead atoms. The van der Waals surface area contributed by atoms with E-state index in [-0.39, 0.29) is 0 Å². The van der Waals surface area contributed by atoms with Crippen LogP contribution in [0.1, 0.15) is 34.6 Å². The second-order valence-corrected chi connectivity index (χ2v) is 4.53. The van der Waals surface area contributed by atoms with E-state index in [1.807, 2.05) is 12.1 Å². The molecule has 0 spiro atoms. The van der Waals surface area contributed by atoms with Gasteiger partial charge in [0.2, 0.25) is 5.89 Å². The van der Waals surface area contributed by atoms with E-state index >= 15 is 0 Å². The van der Waals surface area contributed by atoms with E-state index in [4.69, 9.17) is 9.63 Å². The van der Waals surface area contributed by atoms with Gasteiger partial charge in [-0.3, -0.25) is 4.90 Å². The summed E-state index contributed by atoms with van der Waals surface area (Å²) in [6, 6.07) is 6.88. The Labute approximate surface area is 117 Å². The lowest BCUT2D eigenvalue weighted by Crippen LogP contribution is -2.23. The van der Waals surface area contributed by atoms with Crippen molar-refractivity contribution in [2.24, 2.45) is 0 Å². The third-order valence-electron chi connectivity index (χ3n) is 2.99. The van der Waals surface area contributed by atoms with Crippen molar-refractivity contribution in [1.82, 2.24) is 15.0 Å². The summed E-state index contributed by atoms with van der Waals surface area (Å²) in [5.74, 6) is 0.305. The van der Waals surface area contributed by atoms with Gasteiger partial charge >= 0.3 is 5.97 Å². The molecule has 6 nitrogen and oxygen atoms in total. The summed E-state index contributed by atoms with van der Waals surface area (Å²) >= 11 is 0. The number of aromatic carboxylic acids is 1. The van der Waals surface area contributed by atoms with Crippen molar-refractivity contribution in [3.05, 3.63) is 47.1 Å². The third-order valence-corrected chi connectivity index (χ3v) is 2.99. The predicted molar refractivity (Wildman–Crippen MR) is 72.2 cm³/mol. The maximum absolute atomic E-state index is 10.8. The Morgan fingerprint density at radius 3 is 2.50 bits per heavy atom. The van der Waals surface area contributed by atoms with Crippen LogP contribution in [0.2, 0.25) is 0 Å². The molecule has 0 fully saturated rings. The molecule has 0 atom stereocenters. The molecule has 0 saturated heterocycles. The lowest BCUT2D eigenvalue weighted by molar-refractivity contribution is 0.0697. The first-order valence-corrected chi connectivity index (χ1v) is 6.42. The van der Waals surface area contributed by atoms with Gasteiger partial charge in [0.05, 0.1) is 12.1 Å². The molecule has 2 rings (SSSR count). The Hall–Kier alpha value is -2.21. The van der Waals surface area contributed by atoms with Crippen LogP contribution in [0.15, 0.2) is 28.8 Å². The second-order valence-electron chi connectivity index (χ2n) is 4.53.